The molecule has 1 saturated heterocycles. The second-order valence-electron chi connectivity index (χ2n) is 4.25. The Morgan fingerprint density at radius 2 is 2.12 bits per heavy atom. The third-order valence-electron chi connectivity index (χ3n) is 3.01. The summed E-state index contributed by atoms with van der Waals surface area (Å²) in [5.41, 5.74) is 1.36. The molecular weight excluding hydrogens is 240 g/mol. The topological polar surface area (TPSA) is 52.6 Å². The molecule has 1 fully saturated rings. The van der Waals surface area contributed by atoms with Gasteiger partial charge in [0.2, 0.25) is 0 Å². The summed E-state index contributed by atoms with van der Waals surface area (Å²) in [6.07, 6.45) is 0. The van der Waals surface area contributed by atoms with Crippen LogP contribution in [0.2, 0.25) is 0 Å². The summed E-state index contributed by atoms with van der Waals surface area (Å²) in [7, 11) is 1.77. The Hall–Kier alpha value is -1.26. The van der Waals surface area contributed by atoms with Gasteiger partial charge in [0.25, 0.3) is 5.91 Å². The lowest BCUT2D eigenvalue weighted by molar-refractivity contribution is 0.0678. The first-order valence-corrected chi connectivity index (χ1v) is 5.37. The SMILES string of the molecule is Cc1ccc(O)c(C(=O)N(C)C2CNC2)c1.Cl. The van der Waals surface area contributed by atoms with Crippen LogP contribution in [0.3, 0.4) is 0 Å². The van der Waals surface area contributed by atoms with Gasteiger partial charge in [0.05, 0.1) is 11.6 Å². The summed E-state index contributed by atoms with van der Waals surface area (Å²) in [5, 5.41) is 12.8. The van der Waals surface area contributed by atoms with Crippen LogP contribution in [0.15, 0.2) is 18.2 Å². The Bertz CT molecular complexity index is 419. The largest absolute Gasteiger partial charge is 0.507 e. The van der Waals surface area contributed by atoms with E-state index >= 15 is 0 Å². The summed E-state index contributed by atoms with van der Waals surface area (Å²) in [6.45, 7) is 3.56. The van der Waals surface area contributed by atoms with Crippen LogP contribution in [-0.2, 0) is 0 Å². The van der Waals surface area contributed by atoms with Crippen LogP contribution >= 0.6 is 12.4 Å². The van der Waals surface area contributed by atoms with Crippen molar-refractivity contribution in [3.05, 3.63) is 29.3 Å². The number of likely N-dealkylation sites (N-methyl/N-ethyl adjacent to an activating group) is 1. The zero-order valence-corrected chi connectivity index (χ0v) is 10.8. The fourth-order valence-electron chi connectivity index (χ4n) is 1.72. The number of aryl methyl sites for hydroxylation is 1. The molecule has 2 rings (SSSR count). The number of rotatable bonds is 2. The van der Waals surface area contributed by atoms with Gasteiger partial charge in [-0.1, -0.05) is 11.6 Å². The van der Waals surface area contributed by atoms with E-state index in [1.807, 2.05) is 6.92 Å². The van der Waals surface area contributed by atoms with Crippen molar-refractivity contribution in [3.63, 3.8) is 0 Å². The van der Waals surface area contributed by atoms with Gasteiger partial charge in [-0.3, -0.25) is 4.79 Å². The Labute approximate surface area is 107 Å². The number of carbonyl (C=O) groups is 1. The van der Waals surface area contributed by atoms with E-state index in [4.69, 9.17) is 0 Å². The molecule has 1 aliphatic heterocycles. The maximum absolute atomic E-state index is 12.1. The Balaban J connectivity index is 0.00000144. The summed E-state index contributed by atoms with van der Waals surface area (Å²) in [4.78, 5) is 13.8. The first-order valence-electron chi connectivity index (χ1n) is 5.37. The molecule has 1 heterocycles. The Morgan fingerprint density at radius 1 is 1.47 bits per heavy atom. The van der Waals surface area contributed by atoms with Crippen molar-refractivity contribution < 1.29 is 9.90 Å². The van der Waals surface area contributed by atoms with E-state index in [1.165, 1.54) is 0 Å². The molecule has 1 aromatic carbocycles. The van der Waals surface area contributed by atoms with E-state index in [0.29, 0.717) is 5.56 Å². The highest BCUT2D eigenvalue weighted by molar-refractivity contribution is 5.97. The first-order chi connectivity index (χ1) is 7.59. The molecule has 0 spiro atoms. The molecule has 5 heteroatoms. The lowest BCUT2D eigenvalue weighted by Gasteiger charge is -2.35. The number of benzene rings is 1. The van der Waals surface area contributed by atoms with Crippen molar-refractivity contribution >= 4 is 18.3 Å². The highest BCUT2D eigenvalue weighted by Gasteiger charge is 2.27. The minimum absolute atomic E-state index is 0. The van der Waals surface area contributed by atoms with Crippen molar-refractivity contribution in [2.75, 3.05) is 20.1 Å². The molecular formula is C12H17ClN2O2. The number of halogens is 1. The van der Waals surface area contributed by atoms with Crippen LogP contribution in [0.5, 0.6) is 5.75 Å². The second-order valence-corrected chi connectivity index (χ2v) is 4.25. The molecule has 0 bridgehead atoms. The Morgan fingerprint density at radius 3 is 2.65 bits per heavy atom. The smallest absolute Gasteiger partial charge is 0.257 e. The van der Waals surface area contributed by atoms with Crippen molar-refractivity contribution in [3.8, 4) is 5.75 Å². The number of phenolic OH excluding ortho intramolecular Hbond substituents is 1. The van der Waals surface area contributed by atoms with Gasteiger partial charge in [-0.25, -0.2) is 0 Å². The summed E-state index contributed by atoms with van der Waals surface area (Å²) >= 11 is 0. The van der Waals surface area contributed by atoms with Gasteiger partial charge in [0.15, 0.2) is 0 Å². The minimum Gasteiger partial charge on any atom is -0.507 e. The molecule has 4 nitrogen and oxygen atoms in total. The van der Waals surface area contributed by atoms with Crippen LogP contribution in [0.4, 0.5) is 0 Å². The van der Waals surface area contributed by atoms with Gasteiger partial charge in [0, 0.05) is 20.1 Å². The van der Waals surface area contributed by atoms with E-state index in [1.54, 1.807) is 30.1 Å². The maximum atomic E-state index is 12.1. The normalized spacial score (nSPS) is 14.7. The highest BCUT2D eigenvalue weighted by Crippen LogP contribution is 2.20. The maximum Gasteiger partial charge on any atom is 0.257 e. The zero-order valence-electron chi connectivity index (χ0n) is 9.93. The van der Waals surface area contributed by atoms with Gasteiger partial charge in [-0.15, -0.1) is 12.4 Å². The molecule has 0 aliphatic carbocycles. The van der Waals surface area contributed by atoms with Crippen LogP contribution in [0.1, 0.15) is 15.9 Å². The third-order valence-corrected chi connectivity index (χ3v) is 3.01. The van der Waals surface area contributed by atoms with E-state index in [9.17, 15) is 9.90 Å². The number of nitrogens with one attached hydrogen (secondary N) is 1. The molecule has 1 aliphatic rings. The lowest BCUT2D eigenvalue weighted by atomic mass is 10.1. The molecule has 0 atom stereocenters. The number of carbonyl (C=O) groups excluding carboxylic acids is 1. The van der Waals surface area contributed by atoms with E-state index in [2.05, 4.69) is 5.32 Å². The predicted octanol–water partition coefficient (Wildman–Crippen LogP) is 1.17. The monoisotopic (exact) mass is 256 g/mol. The number of nitrogens with zero attached hydrogens (tertiary/aromatic N) is 1. The average molecular weight is 257 g/mol. The third kappa shape index (κ3) is 2.70. The van der Waals surface area contributed by atoms with Gasteiger partial charge >= 0.3 is 0 Å². The molecule has 1 amide bonds. The van der Waals surface area contributed by atoms with Crippen LogP contribution in [0.25, 0.3) is 0 Å². The van der Waals surface area contributed by atoms with E-state index in [-0.39, 0.29) is 30.1 Å². The van der Waals surface area contributed by atoms with E-state index < -0.39 is 0 Å². The van der Waals surface area contributed by atoms with Crippen LogP contribution in [0, 0.1) is 6.92 Å². The molecule has 0 saturated carbocycles. The molecule has 0 unspecified atom stereocenters. The second kappa shape index (κ2) is 5.38. The molecule has 2 N–H and O–H groups in total. The zero-order chi connectivity index (χ0) is 11.7. The van der Waals surface area contributed by atoms with Crippen molar-refractivity contribution in [2.45, 2.75) is 13.0 Å². The van der Waals surface area contributed by atoms with Gasteiger partial charge < -0.3 is 15.3 Å². The quantitative estimate of drug-likeness (QED) is 0.835. The van der Waals surface area contributed by atoms with Crippen LogP contribution < -0.4 is 5.32 Å². The van der Waals surface area contributed by atoms with Crippen molar-refractivity contribution in [1.29, 1.82) is 0 Å². The lowest BCUT2D eigenvalue weighted by Crippen LogP contribution is -2.57. The van der Waals surface area contributed by atoms with Gasteiger partial charge in [0.1, 0.15) is 5.75 Å². The van der Waals surface area contributed by atoms with Gasteiger partial charge in [-0.05, 0) is 19.1 Å². The van der Waals surface area contributed by atoms with Crippen molar-refractivity contribution in [1.82, 2.24) is 10.2 Å². The molecule has 1 aromatic rings. The molecule has 94 valence electrons. The number of hydrogen-bond acceptors (Lipinski definition) is 3. The highest BCUT2D eigenvalue weighted by atomic mass is 35.5. The number of aromatic hydroxyl groups is 1. The predicted molar refractivity (Wildman–Crippen MR) is 68.8 cm³/mol. The summed E-state index contributed by atoms with van der Waals surface area (Å²) in [5.74, 6) is -0.0672. The standard InChI is InChI=1S/C12H16N2O2.ClH/c1-8-3-4-11(15)10(5-8)12(16)14(2)9-6-13-7-9;/h3-5,9,13,15H,6-7H2,1-2H3;1H. The molecule has 0 radical (unpaired) electrons. The summed E-state index contributed by atoms with van der Waals surface area (Å²) < 4.78 is 0. The van der Waals surface area contributed by atoms with E-state index in [0.717, 1.165) is 18.7 Å². The van der Waals surface area contributed by atoms with Crippen molar-refractivity contribution in [2.24, 2.45) is 0 Å². The fourth-order valence-corrected chi connectivity index (χ4v) is 1.72. The van der Waals surface area contributed by atoms with Gasteiger partial charge in [-0.2, -0.15) is 0 Å². The number of phenols is 1. The Kier molecular flexibility index (Phi) is 4.37. The fraction of sp³-hybridized carbons (Fsp3) is 0.417. The van der Waals surface area contributed by atoms with Crippen LogP contribution in [-0.4, -0.2) is 42.1 Å². The minimum atomic E-state index is -0.118. The number of amides is 1. The number of hydrogen-bond donors (Lipinski definition) is 2. The average Bonchev–Trinajstić information content (AvgIpc) is 2.18. The molecule has 0 aromatic heterocycles. The summed E-state index contributed by atoms with van der Waals surface area (Å²) in [6, 6.07) is 5.32. The first kappa shape index (κ1) is 13.8. The molecule has 17 heavy (non-hydrogen) atoms.